The quantitative estimate of drug-likeness (QED) is 0.251. The van der Waals surface area contributed by atoms with E-state index in [9.17, 15) is 22.4 Å². The molecule has 1 fully saturated rings. The first kappa shape index (κ1) is 26.6. The van der Waals surface area contributed by atoms with Crippen LogP contribution in [0.3, 0.4) is 0 Å². The summed E-state index contributed by atoms with van der Waals surface area (Å²) in [7, 11) is 0. The van der Waals surface area contributed by atoms with Gasteiger partial charge in [0.25, 0.3) is 0 Å². The van der Waals surface area contributed by atoms with Gasteiger partial charge < -0.3 is 15.0 Å². The minimum atomic E-state index is -4.57. The molecule has 39 heavy (non-hydrogen) atoms. The molecule has 4 aromatic rings. The van der Waals surface area contributed by atoms with E-state index in [4.69, 9.17) is 4.74 Å². The van der Waals surface area contributed by atoms with Crippen molar-refractivity contribution in [2.45, 2.75) is 11.3 Å². The lowest BCUT2D eigenvalue weighted by Crippen LogP contribution is -2.37. The third kappa shape index (κ3) is 6.04. The van der Waals surface area contributed by atoms with Crippen LogP contribution in [0.15, 0.2) is 72.1 Å². The first-order chi connectivity index (χ1) is 18.8. The average Bonchev–Trinajstić information content (AvgIpc) is 3.36. The number of halogens is 4. The molecular formula is C26H22F4N6O2S. The van der Waals surface area contributed by atoms with Crippen molar-refractivity contribution in [3.05, 3.63) is 78.4 Å². The van der Waals surface area contributed by atoms with E-state index in [1.165, 1.54) is 16.7 Å². The highest BCUT2D eigenvalue weighted by Gasteiger charge is 2.32. The molecule has 5 rings (SSSR count). The molecule has 0 bridgehead atoms. The van der Waals surface area contributed by atoms with Crippen LogP contribution in [0.25, 0.3) is 17.1 Å². The number of carbonyl (C=O) groups is 1. The highest BCUT2D eigenvalue weighted by molar-refractivity contribution is 7.99. The van der Waals surface area contributed by atoms with Crippen LogP contribution in [0.5, 0.6) is 0 Å². The number of morpholine rings is 1. The summed E-state index contributed by atoms with van der Waals surface area (Å²) in [5, 5.41) is 11.2. The summed E-state index contributed by atoms with van der Waals surface area (Å²) < 4.78 is 61.9. The third-order valence-corrected chi connectivity index (χ3v) is 6.86. The Labute approximate surface area is 225 Å². The molecule has 8 nitrogen and oxygen atoms in total. The summed E-state index contributed by atoms with van der Waals surface area (Å²) in [5.41, 5.74) is 0.408. The molecule has 13 heteroatoms. The second kappa shape index (κ2) is 11.4. The van der Waals surface area contributed by atoms with Crippen LogP contribution in [-0.4, -0.2) is 57.7 Å². The number of nitrogens with zero attached hydrogens (tertiary/aromatic N) is 5. The summed E-state index contributed by atoms with van der Waals surface area (Å²) in [6, 6.07) is 12.8. The van der Waals surface area contributed by atoms with Gasteiger partial charge in [-0.1, -0.05) is 23.9 Å². The lowest BCUT2D eigenvalue weighted by Gasteiger charge is -2.31. The fraction of sp³-hybridized carbons (Fsp3) is 0.231. The number of hydrogen-bond donors (Lipinski definition) is 1. The number of pyridine rings is 1. The fourth-order valence-electron chi connectivity index (χ4n) is 4.10. The lowest BCUT2D eigenvalue weighted by atomic mass is 10.1. The Morgan fingerprint density at radius 2 is 1.82 bits per heavy atom. The number of nitrogens with one attached hydrogen (secondary N) is 1. The first-order valence-electron chi connectivity index (χ1n) is 11.9. The van der Waals surface area contributed by atoms with E-state index in [1.54, 1.807) is 42.7 Å². The second-order valence-corrected chi connectivity index (χ2v) is 9.44. The minimum Gasteiger partial charge on any atom is -0.378 e. The van der Waals surface area contributed by atoms with Crippen molar-refractivity contribution in [3.8, 4) is 17.1 Å². The van der Waals surface area contributed by atoms with E-state index >= 15 is 0 Å². The van der Waals surface area contributed by atoms with E-state index in [0.717, 1.165) is 23.9 Å². The van der Waals surface area contributed by atoms with Crippen molar-refractivity contribution in [3.63, 3.8) is 0 Å². The van der Waals surface area contributed by atoms with Gasteiger partial charge in [0.1, 0.15) is 5.82 Å². The molecule has 0 spiro atoms. The summed E-state index contributed by atoms with van der Waals surface area (Å²) >= 11 is 0.979. The Morgan fingerprint density at radius 3 is 2.54 bits per heavy atom. The SMILES string of the molecule is O=C(CSc1nnc(-c2cccnc2)n1-c1ccccc1F)Nc1cc(C(F)(F)F)ccc1N1CCOCC1. The van der Waals surface area contributed by atoms with Crippen molar-refractivity contribution < 1.29 is 27.1 Å². The number of benzene rings is 2. The van der Waals surface area contributed by atoms with Crippen molar-refractivity contribution in [2.75, 3.05) is 42.3 Å². The van der Waals surface area contributed by atoms with Gasteiger partial charge in [-0.2, -0.15) is 13.2 Å². The topological polar surface area (TPSA) is 85.2 Å². The zero-order chi connectivity index (χ0) is 27.4. The smallest absolute Gasteiger partial charge is 0.378 e. The van der Waals surface area contributed by atoms with Gasteiger partial charge in [-0.15, -0.1) is 10.2 Å². The van der Waals surface area contributed by atoms with Crippen LogP contribution in [-0.2, 0) is 15.7 Å². The Morgan fingerprint density at radius 1 is 1.03 bits per heavy atom. The van der Waals surface area contributed by atoms with E-state index in [0.29, 0.717) is 43.4 Å². The predicted octanol–water partition coefficient (Wildman–Crippen LogP) is 5.05. The summed E-state index contributed by atoms with van der Waals surface area (Å²) in [6.07, 6.45) is -1.42. The molecule has 1 amide bonds. The number of anilines is 2. The number of hydrogen-bond acceptors (Lipinski definition) is 7. The van der Waals surface area contributed by atoms with Gasteiger partial charge >= 0.3 is 6.18 Å². The van der Waals surface area contributed by atoms with Gasteiger partial charge in [-0.05, 0) is 42.5 Å². The molecule has 0 atom stereocenters. The van der Waals surface area contributed by atoms with Gasteiger partial charge in [-0.3, -0.25) is 14.3 Å². The van der Waals surface area contributed by atoms with Crippen LogP contribution in [0, 0.1) is 5.82 Å². The number of aromatic nitrogens is 4. The van der Waals surface area contributed by atoms with E-state index in [2.05, 4.69) is 20.5 Å². The van der Waals surface area contributed by atoms with Gasteiger partial charge in [0.2, 0.25) is 5.91 Å². The van der Waals surface area contributed by atoms with Crippen LogP contribution in [0.1, 0.15) is 5.56 Å². The average molecular weight is 559 g/mol. The van der Waals surface area contributed by atoms with E-state index in [1.807, 2.05) is 4.90 Å². The fourth-order valence-corrected chi connectivity index (χ4v) is 4.85. The van der Waals surface area contributed by atoms with Crippen molar-refractivity contribution >= 4 is 29.0 Å². The molecule has 1 aliphatic rings. The zero-order valence-corrected chi connectivity index (χ0v) is 21.2. The van der Waals surface area contributed by atoms with Crippen LogP contribution in [0.2, 0.25) is 0 Å². The van der Waals surface area contributed by atoms with Gasteiger partial charge in [0, 0.05) is 31.0 Å². The monoisotopic (exact) mass is 558 g/mol. The molecular weight excluding hydrogens is 536 g/mol. The molecule has 1 aliphatic heterocycles. The van der Waals surface area contributed by atoms with Crippen LogP contribution >= 0.6 is 11.8 Å². The molecule has 3 heterocycles. The summed E-state index contributed by atoms with van der Waals surface area (Å²) in [4.78, 5) is 18.9. The van der Waals surface area contributed by atoms with Gasteiger partial charge in [0.05, 0.1) is 41.6 Å². The minimum absolute atomic E-state index is 0.0453. The molecule has 1 saturated heterocycles. The van der Waals surface area contributed by atoms with E-state index in [-0.39, 0.29) is 22.3 Å². The summed E-state index contributed by atoms with van der Waals surface area (Å²) in [6.45, 7) is 1.81. The number of carbonyl (C=O) groups excluding carboxylic acids is 1. The number of alkyl halides is 3. The molecule has 2 aromatic carbocycles. The maximum Gasteiger partial charge on any atom is 0.416 e. The second-order valence-electron chi connectivity index (χ2n) is 8.50. The molecule has 202 valence electrons. The molecule has 1 N–H and O–H groups in total. The van der Waals surface area contributed by atoms with Gasteiger partial charge in [-0.25, -0.2) is 4.39 Å². The normalized spacial score (nSPS) is 13.9. The standard InChI is InChI=1S/C26H22F4N6O2S/c27-19-5-1-2-6-21(19)36-24(17-4-3-9-31-15-17)33-34-25(36)39-16-23(37)32-20-14-18(26(28,29)30)7-8-22(20)35-10-12-38-13-11-35/h1-9,14-15H,10-13,16H2,(H,32,37). The number of ether oxygens (including phenoxy) is 1. The molecule has 0 radical (unpaired) electrons. The first-order valence-corrected chi connectivity index (χ1v) is 12.9. The summed E-state index contributed by atoms with van der Waals surface area (Å²) in [5.74, 6) is -0.963. The lowest BCUT2D eigenvalue weighted by molar-refractivity contribution is -0.137. The Bertz CT molecular complexity index is 1460. The Hall–Kier alpha value is -3.97. The molecule has 2 aromatic heterocycles. The number of amides is 1. The predicted molar refractivity (Wildman–Crippen MR) is 138 cm³/mol. The molecule has 0 unspecified atom stereocenters. The highest BCUT2D eigenvalue weighted by atomic mass is 32.2. The van der Waals surface area contributed by atoms with Crippen LogP contribution < -0.4 is 10.2 Å². The number of thioether (sulfide) groups is 1. The Balaban J connectivity index is 1.41. The maximum atomic E-state index is 14.8. The molecule has 0 saturated carbocycles. The Kier molecular flexibility index (Phi) is 7.79. The van der Waals surface area contributed by atoms with Crippen molar-refractivity contribution in [2.24, 2.45) is 0 Å². The van der Waals surface area contributed by atoms with Crippen molar-refractivity contribution in [1.29, 1.82) is 0 Å². The van der Waals surface area contributed by atoms with E-state index < -0.39 is 23.5 Å². The van der Waals surface area contributed by atoms with Crippen LogP contribution in [0.4, 0.5) is 28.9 Å². The largest absolute Gasteiger partial charge is 0.416 e. The van der Waals surface area contributed by atoms with Crippen molar-refractivity contribution in [1.82, 2.24) is 19.7 Å². The number of para-hydroxylation sites is 1. The third-order valence-electron chi connectivity index (χ3n) is 5.93. The number of rotatable bonds is 7. The maximum absolute atomic E-state index is 14.8. The van der Waals surface area contributed by atoms with Gasteiger partial charge in [0.15, 0.2) is 11.0 Å². The zero-order valence-electron chi connectivity index (χ0n) is 20.4. The molecule has 0 aliphatic carbocycles. The highest BCUT2D eigenvalue weighted by Crippen LogP contribution is 2.36.